The molecule has 0 aromatic heterocycles. The first-order valence-corrected chi connectivity index (χ1v) is 6.35. The predicted octanol–water partition coefficient (Wildman–Crippen LogP) is 0.504. The minimum atomic E-state index is 0.0589. The van der Waals surface area contributed by atoms with Gasteiger partial charge in [-0.1, -0.05) is 6.42 Å². The zero-order valence-electron chi connectivity index (χ0n) is 10.5. The highest BCUT2D eigenvalue weighted by atomic mass is 16.5. The van der Waals surface area contributed by atoms with Crippen LogP contribution in [-0.2, 0) is 4.74 Å². The molecule has 0 spiro atoms. The monoisotopic (exact) mass is 230 g/mol. The third-order valence-corrected chi connectivity index (χ3v) is 3.16. The summed E-state index contributed by atoms with van der Waals surface area (Å²) in [5.74, 6) is 0. The van der Waals surface area contributed by atoms with Crippen LogP contribution in [-0.4, -0.2) is 50.1 Å². The lowest BCUT2D eigenvalue weighted by atomic mass is 9.98. The summed E-state index contributed by atoms with van der Waals surface area (Å²) in [4.78, 5) is 0. The first-order chi connectivity index (χ1) is 7.76. The van der Waals surface area contributed by atoms with Crippen molar-refractivity contribution in [2.24, 2.45) is 0 Å². The van der Waals surface area contributed by atoms with Crippen molar-refractivity contribution in [3.63, 3.8) is 0 Å². The molecule has 4 heteroatoms. The van der Waals surface area contributed by atoms with E-state index in [1.54, 1.807) is 7.11 Å². The minimum Gasteiger partial charge on any atom is -0.395 e. The SMILES string of the molecule is COCC(CO)NC(C)CC1CCCCN1. The molecule has 16 heavy (non-hydrogen) atoms. The van der Waals surface area contributed by atoms with Crippen molar-refractivity contribution in [2.75, 3.05) is 26.9 Å². The lowest BCUT2D eigenvalue weighted by Gasteiger charge is -2.28. The highest BCUT2D eigenvalue weighted by molar-refractivity contribution is 4.79. The summed E-state index contributed by atoms with van der Waals surface area (Å²) in [6.07, 6.45) is 5.05. The van der Waals surface area contributed by atoms with Crippen molar-refractivity contribution in [1.82, 2.24) is 10.6 Å². The summed E-state index contributed by atoms with van der Waals surface area (Å²) in [6, 6.07) is 1.12. The van der Waals surface area contributed by atoms with Gasteiger partial charge in [-0.3, -0.25) is 0 Å². The molecule has 1 rings (SSSR count). The van der Waals surface area contributed by atoms with Crippen LogP contribution in [0.4, 0.5) is 0 Å². The van der Waals surface area contributed by atoms with E-state index >= 15 is 0 Å². The van der Waals surface area contributed by atoms with Crippen molar-refractivity contribution in [1.29, 1.82) is 0 Å². The Kier molecular flexibility index (Phi) is 6.96. The molecule has 3 atom stereocenters. The number of nitrogens with one attached hydrogen (secondary N) is 2. The molecule has 4 nitrogen and oxygen atoms in total. The lowest BCUT2D eigenvalue weighted by molar-refractivity contribution is 0.121. The Labute approximate surface area is 98.8 Å². The molecule has 3 unspecified atom stereocenters. The molecule has 1 aliphatic heterocycles. The summed E-state index contributed by atoms with van der Waals surface area (Å²) >= 11 is 0. The maximum atomic E-state index is 9.15. The van der Waals surface area contributed by atoms with Gasteiger partial charge in [-0.05, 0) is 32.7 Å². The van der Waals surface area contributed by atoms with E-state index in [1.165, 1.54) is 19.3 Å². The molecule has 1 aliphatic rings. The Morgan fingerprint density at radius 2 is 2.31 bits per heavy atom. The third-order valence-electron chi connectivity index (χ3n) is 3.16. The molecule has 3 N–H and O–H groups in total. The maximum absolute atomic E-state index is 9.15. The van der Waals surface area contributed by atoms with Gasteiger partial charge in [0, 0.05) is 19.2 Å². The second kappa shape index (κ2) is 8.01. The molecule has 1 heterocycles. The number of aliphatic hydroxyl groups excluding tert-OH is 1. The third kappa shape index (κ3) is 5.25. The average molecular weight is 230 g/mol. The van der Waals surface area contributed by atoms with Gasteiger partial charge >= 0.3 is 0 Å². The molecule has 1 fully saturated rings. The van der Waals surface area contributed by atoms with E-state index in [0.29, 0.717) is 18.7 Å². The molecular formula is C12H26N2O2. The van der Waals surface area contributed by atoms with Crippen molar-refractivity contribution >= 4 is 0 Å². The van der Waals surface area contributed by atoms with Gasteiger partial charge in [-0.15, -0.1) is 0 Å². The van der Waals surface area contributed by atoms with Crippen molar-refractivity contribution in [3.05, 3.63) is 0 Å². The van der Waals surface area contributed by atoms with E-state index in [-0.39, 0.29) is 12.6 Å². The summed E-state index contributed by atoms with van der Waals surface area (Å²) in [5, 5.41) is 16.1. The van der Waals surface area contributed by atoms with E-state index in [9.17, 15) is 0 Å². The van der Waals surface area contributed by atoms with Gasteiger partial charge in [0.2, 0.25) is 0 Å². The second-order valence-electron chi connectivity index (χ2n) is 4.79. The van der Waals surface area contributed by atoms with Gasteiger partial charge in [0.05, 0.1) is 19.3 Å². The van der Waals surface area contributed by atoms with Gasteiger partial charge < -0.3 is 20.5 Å². The number of methoxy groups -OCH3 is 1. The van der Waals surface area contributed by atoms with Gasteiger partial charge in [0.1, 0.15) is 0 Å². The zero-order chi connectivity index (χ0) is 11.8. The number of piperidine rings is 1. The summed E-state index contributed by atoms with van der Waals surface area (Å²) in [5.41, 5.74) is 0. The van der Waals surface area contributed by atoms with E-state index in [1.807, 2.05) is 0 Å². The average Bonchev–Trinajstić information content (AvgIpc) is 2.29. The number of ether oxygens (including phenoxy) is 1. The Balaban J connectivity index is 2.19. The van der Waals surface area contributed by atoms with Crippen molar-refractivity contribution in [3.8, 4) is 0 Å². The van der Waals surface area contributed by atoms with Crippen LogP contribution in [0.1, 0.15) is 32.6 Å². The summed E-state index contributed by atoms with van der Waals surface area (Å²) in [7, 11) is 1.66. The highest BCUT2D eigenvalue weighted by Crippen LogP contribution is 2.12. The van der Waals surface area contributed by atoms with Gasteiger partial charge in [-0.25, -0.2) is 0 Å². The van der Waals surface area contributed by atoms with E-state index in [4.69, 9.17) is 9.84 Å². The molecule has 0 radical (unpaired) electrons. The van der Waals surface area contributed by atoms with E-state index in [2.05, 4.69) is 17.6 Å². The van der Waals surface area contributed by atoms with Crippen LogP contribution in [0.3, 0.4) is 0 Å². The molecular weight excluding hydrogens is 204 g/mol. The van der Waals surface area contributed by atoms with Crippen LogP contribution in [0.5, 0.6) is 0 Å². The van der Waals surface area contributed by atoms with Crippen molar-refractivity contribution in [2.45, 2.75) is 50.7 Å². The summed E-state index contributed by atoms with van der Waals surface area (Å²) in [6.45, 7) is 4.03. The quantitative estimate of drug-likeness (QED) is 0.596. The molecule has 0 aromatic rings. The number of rotatable bonds is 7. The highest BCUT2D eigenvalue weighted by Gasteiger charge is 2.17. The molecule has 0 saturated carbocycles. The maximum Gasteiger partial charge on any atom is 0.0638 e. The predicted molar refractivity (Wildman–Crippen MR) is 65.6 cm³/mol. The smallest absolute Gasteiger partial charge is 0.0638 e. The Hall–Kier alpha value is -0.160. The van der Waals surface area contributed by atoms with Crippen LogP contribution >= 0.6 is 0 Å². The van der Waals surface area contributed by atoms with E-state index in [0.717, 1.165) is 13.0 Å². The first kappa shape index (κ1) is 13.9. The number of hydrogen-bond acceptors (Lipinski definition) is 4. The van der Waals surface area contributed by atoms with Gasteiger partial charge in [0.15, 0.2) is 0 Å². The normalized spacial score (nSPS) is 25.3. The largest absolute Gasteiger partial charge is 0.395 e. The Morgan fingerprint density at radius 1 is 1.50 bits per heavy atom. The molecule has 0 aromatic carbocycles. The zero-order valence-corrected chi connectivity index (χ0v) is 10.5. The standard InChI is InChI=1S/C12H26N2O2/c1-10(14-12(8-15)9-16-2)7-11-5-3-4-6-13-11/h10-15H,3-9H2,1-2H3. The fourth-order valence-electron chi connectivity index (χ4n) is 2.38. The topological polar surface area (TPSA) is 53.5 Å². The Morgan fingerprint density at radius 3 is 2.88 bits per heavy atom. The molecule has 96 valence electrons. The molecule has 1 saturated heterocycles. The Bertz CT molecular complexity index is 166. The van der Waals surface area contributed by atoms with Crippen molar-refractivity contribution < 1.29 is 9.84 Å². The van der Waals surface area contributed by atoms with Gasteiger partial charge in [0.25, 0.3) is 0 Å². The van der Waals surface area contributed by atoms with Crippen LogP contribution in [0, 0.1) is 0 Å². The minimum absolute atomic E-state index is 0.0589. The molecule has 0 bridgehead atoms. The second-order valence-corrected chi connectivity index (χ2v) is 4.79. The summed E-state index contributed by atoms with van der Waals surface area (Å²) < 4.78 is 5.05. The van der Waals surface area contributed by atoms with Crippen LogP contribution in [0.25, 0.3) is 0 Å². The fourth-order valence-corrected chi connectivity index (χ4v) is 2.38. The van der Waals surface area contributed by atoms with Crippen LogP contribution in [0.15, 0.2) is 0 Å². The number of aliphatic hydroxyl groups is 1. The van der Waals surface area contributed by atoms with E-state index < -0.39 is 0 Å². The molecule has 0 amide bonds. The molecule has 0 aliphatic carbocycles. The van der Waals surface area contributed by atoms with Crippen LogP contribution < -0.4 is 10.6 Å². The first-order valence-electron chi connectivity index (χ1n) is 6.35. The number of hydrogen-bond donors (Lipinski definition) is 3. The lowest BCUT2D eigenvalue weighted by Crippen LogP contribution is -2.46. The fraction of sp³-hybridized carbons (Fsp3) is 1.00. The van der Waals surface area contributed by atoms with Gasteiger partial charge in [-0.2, -0.15) is 0 Å². The van der Waals surface area contributed by atoms with Crippen LogP contribution in [0.2, 0.25) is 0 Å².